The summed E-state index contributed by atoms with van der Waals surface area (Å²) in [6.45, 7) is 2.55. The smallest absolute Gasteiger partial charge is 0.160 e. The van der Waals surface area contributed by atoms with Crippen molar-refractivity contribution in [2.24, 2.45) is 0 Å². The number of pyridine rings is 1. The Labute approximate surface area is 110 Å². The minimum Gasteiger partial charge on any atom is -0.394 e. The maximum absolute atomic E-state index is 9.04. The van der Waals surface area contributed by atoms with Crippen LogP contribution in [0.4, 0.5) is 5.82 Å². The van der Waals surface area contributed by atoms with Gasteiger partial charge in [0.1, 0.15) is 0 Å². The van der Waals surface area contributed by atoms with Crippen LogP contribution in [0.15, 0.2) is 24.3 Å². The van der Waals surface area contributed by atoms with E-state index < -0.39 is 0 Å². The Morgan fingerprint density at radius 3 is 2.89 bits per heavy atom. The molecule has 0 saturated heterocycles. The van der Waals surface area contributed by atoms with Crippen LogP contribution < -0.4 is 5.73 Å². The third-order valence-corrected chi connectivity index (χ3v) is 3.33. The zero-order chi connectivity index (χ0) is 13.4. The lowest BCUT2D eigenvalue weighted by Gasteiger charge is -2.03. The van der Waals surface area contributed by atoms with E-state index in [4.69, 9.17) is 10.8 Å². The SMILES string of the molecule is CCc1ccc2nc3c(cc2c1)c(N)nn3CCO. The van der Waals surface area contributed by atoms with Crippen molar-refractivity contribution in [2.45, 2.75) is 19.9 Å². The van der Waals surface area contributed by atoms with Crippen LogP contribution in [0.5, 0.6) is 0 Å². The summed E-state index contributed by atoms with van der Waals surface area (Å²) in [6, 6.07) is 8.25. The van der Waals surface area contributed by atoms with Crippen LogP contribution in [-0.4, -0.2) is 26.5 Å². The number of benzene rings is 1. The molecule has 0 aliphatic rings. The van der Waals surface area contributed by atoms with Gasteiger partial charge in [0.25, 0.3) is 0 Å². The summed E-state index contributed by atoms with van der Waals surface area (Å²) in [7, 11) is 0. The maximum atomic E-state index is 9.04. The van der Waals surface area contributed by atoms with Gasteiger partial charge in [0.05, 0.1) is 24.1 Å². The summed E-state index contributed by atoms with van der Waals surface area (Å²) in [4.78, 5) is 4.60. The summed E-state index contributed by atoms with van der Waals surface area (Å²) >= 11 is 0. The summed E-state index contributed by atoms with van der Waals surface area (Å²) in [5, 5.41) is 15.2. The first kappa shape index (κ1) is 11.9. The van der Waals surface area contributed by atoms with E-state index in [1.54, 1.807) is 4.68 Å². The minimum atomic E-state index is 0.0186. The Morgan fingerprint density at radius 1 is 1.32 bits per heavy atom. The van der Waals surface area contributed by atoms with E-state index in [-0.39, 0.29) is 6.61 Å². The van der Waals surface area contributed by atoms with E-state index in [1.807, 2.05) is 12.1 Å². The third-order valence-electron chi connectivity index (χ3n) is 3.33. The fourth-order valence-corrected chi connectivity index (χ4v) is 2.30. The van der Waals surface area contributed by atoms with Crippen molar-refractivity contribution in [3.63, 3.8) is 0 Å². The van der Waals surface area contributed by atoms with Crippen LogP contribution in [0.2, 0.25) is 0 Å². The molecule has 5 nitrogen and oxygen atoms in total. The number of rotatable bonds is 3. The summed E-state index contributed by atoms with van der Waals surface area (Å²) in [5.74, 6) is 0.458. The molecule has 2 heterocycles. The van der Waals surface area contributed by atoms with E-state index in [0.29, 0.717) is 12.4 Å². The highest BCUT2D eigenvalue weighted by Gasteiger charge is 2.10. The predicted octanol–water partition coefficient (Wildman–Crippen LogP) is 1.72. The standard InChI is InChI=1S/C14H16N4O/c1-2-9-3-4-12-10(7-9)8-11-13(15)17-18(5-6-19)14(11)16-12/h3-4,7-8,19H,2,5-6H2,1H3,(H2,15,17). The fraction of sp³-hybridized carbons (Fsp3) is 0.286. The molecular formula is C14H16N4O. The molecule has 0 bridgehead atoms. The molecule has 0 fully saturated rings. The highest BCUT2D eigenvalue weighted by Crippen LogP contribution is 2.24. The summed E-state index contributed by atoms with van der Waals surface area (Å²) in [6.07, 6.45) is 0.993. The Balaban J connectivity index is 2.29. The first-order chi connectivity index (χ1) is 9.22. The second-order valence-corrected chi connectivity index (χ2v) is 4.57. The number of fused-ring (bicyclic) bond motifs is 2. The highest BCUT2D eigenvalue weighted by molar-refractivity contribution is 5.96. The molecule has 0 saturated carbocycles. The van der Waals surface area contributed by atoms with Crippen molar-refractivity contribution >= 4 is 27.8 Å². The van der Waals surface area contributed by atoms with Gasteiger partial charge in [-0.2, -0.15) is 5.10 Å². The van der Waals surface area contributed by atoms with Gasteiger partial charge in [0, 0.05) is 5.39 Å². The van der Waals surface area contributed by atoms with Gasteiger partial charge in [-0.05, 0) is 30.2 Å². The van der Waals surface area contributed by atoms with Crippen LogP contribution in [0.3, 0.4) is 0 Å². The lowest BCUT2D eigenvalue weighted by atomic mass is 10.1. The normalized spacial score (nSPS) is 11.5. The largest absolute Gasteiger partial charge is 0.394 e. The molecule has 0 atom stereocenters. The first-order valence-corrected chi connectivity index (χ1v) is 6.39. The van der Waals surface area contributed by atoms with Crippen LogP contribution >= 0.6 is 0 Å². The lowest BCUT2D eigenvalue weighted by molar-refractivity contribution is 0.271. The van der Waals surface area contributed by atoms with Crippen molar-refractivity contribution in [1.29, 1.82) is 0 Å². The van der Waals surface area contributed by atoms with E-state index in [2.05, 4.69) is 29.1 Å². The second-order valence-electron chi connectivity index (χ2n) is 4.57. The Kier molecular flexibility index (Phi) is 2.83. The number of nitrogen functional groups attached to an aromatic ring is 1. The molecule has 19 heavy (non-hydrogen) atoms. The molecule has 98 valence electrons. The van der Waals surface area contributed by atoms with Gasteiger partial charge < -0.3 is 10.8 Å². The molecular weight excluding hydrogens is 240 g/mol. The first-order valence-electron chi connectivity index (χ1n) is 6.39. The summed E-state index contributed by atoms with van der Waals surface area (Å²) < 4.78 is 1.65. The molecule has 5 heteroatoms. The monoisotopic (exact) mass is 256 g/mol. The van der Waals surface area contributed by atoms with Crippen LogP contribution in [0, 0.1) is 0 Å². The third kappa shape index (κ3) is 1.92. The fourth-order valence-electron chi connectivity index (χ4n) is 2.30. The van der Waals surface area contributed by atoms with Gasteiger partial charge in [0.2, 0.25) is 0 Å². The van der Waals surface area contributed by atoms with E-state index in [1.165, 1.54) is 5.56 Å². The molecule has 3 rings (SSSR count). The molecule has 3 aromatic rings. The van der Waals surface area contributed by atoms with Gasteiger partial charge in [-0.1, -0.05) is 13.0 Å². The van der Waals surface area contributed by atoms with Gasteiger partial charge in [0.15, 0.2) is 11.5 Å². The van der Waals surface area contributed by atoms with Crippen molar-refractivity contribution in [1.82, 2.24) is 14.8 Å². The second kappa shape index (κ2) is 4.51. The van der Waals surface area contributed by atoms with Crippen LogP contribution in [0.1, 0.15) is 12.5 Å². The quantitative estimate of drug-likeness (QED) is 0.748. The van der Waals surface area contributed by atoms with Gasteiger partial charge in [-0.25, -0.2) is 9.67 Å². The lowest BCUT2D eigenvalue weighted by Crippen LogP contribution is -2.05. The number of aromatic nitrogens is 3. The van der Waals surface area contributed by atoms with Crippen molar-refractivity contribution in [2.75, 3.05) is 12.3 Å². The molecule has 0 amide bonds. The number of hydrogen-bond donors (Lipinski definition) is 2. The Morgan fingerprint density at radius 2 is 2.16 bits per heavy atom. The number of aryl methyl sites for hydroxylation is 1. The zero-order valence-corrected chi connectivity index (χ0v) is 10.8. The molecule has 0 unspecified atom stereocenters. The molecule has 0 aliphatic carbocycles. The zero-order valence-electron chi connectivity index (χ0n) is 10.8. The van der Waals surface area contributed by atoms with Crippen molar-refractivity contribution in [3.8, 4) is 0 Å². The number of aliphatic hydroxyl groups is 1. The van der Waals surface area contributed by atoms with Gasteiger partial charge >= 0.3 is 0 Å². The van der Waals surface area contributed by atoms with E-state index in [9.17, 15) is 0 Å². The molecule has 1 aromatic carbocycles. The number of anilines is 1. The summed E-state index contributed by atoms with van der Waals surface area (Å²) in [5.41, 5.74) is 8.83. The highest BCUT2D eigenvalue weighted by atomic mass is 16.3. The average molecular weight is 256 g/mol. The van der Waals surface area contributed by atoms with Crippen LogP contribution in [0.25, 0.3) is 21.9 Å². The Bertz CT molecular complexity index is 748. The Hall–Kier alpha value is -2.14. The predicted molar refractivity (Wildman–Crippen MR) is 75.9 cm³/mol. The molecule has 0 aliphatic heterocycles. The topological polar surface area (TPSA) is 77.0 Å². The average Bonchev–Trinajstić information content (AvgIpc) is 2.73. The molecule has 0 radical (unpaired) electrons. The minimum absolute atomic E-state index is 0.0186. The molecule has 3 N–H and O–H groups in total. The van der Waals surface area contributed by atoms with Gasteiger partial charge in [-0.15, -0.1) is 0 Å². The molecule has 0 spiro atoms. The molecule has 2 aromatic heterocycles. The van der Waals surface area contributed by atoms with Crippen molar-refractivity contribution in [3.05, 3.63) is 29.8 Å². The van der Waals surface area contributed by atoms with Gasteiger partial charge in [-0.3, -0.25) is 0 Å². The van der Waals surface area contributed by atoms with E-state index in [0.717, 1.165) is 28.4 Å². The number of nitrogens with two attached hydrogens (primary N) is 1. The van der Waals surface area contributed by atoms with E-state index >= 15 is 0 Å². The number of nitrogens with zero attached hydrogens (tertiary/aromatic N) is 3. The van der Waals surface area contributed by atoms with Crippen molar-refractivity contribution < 1.29 is 5.11 Å². The number of aliphatic hydroxyl groups excluding tert-OH is 1. The van der Waals surface area contributed by atoms with Crippen LogP contribution in [-0.2, 0) is 13.0 Å². The number of hydrogen-bond acceptors (Lipinski definition) is 4. The maximum Gasteiger partial charge on any atom is 0.160 e.